The first-order chi connectivity index (χ1) is 9.11. The summed E-state index contributed by atoms with van der Waals surface area (Å²) in [6.45, 7) is 4.10. The smallest absolute Gasteiger partial charge is 0.244 e. The van der Waals surface area contributed by atoms with Crippen LogP contribution in [0, 0.1) is 13.8 Å². The van der Waals surface area contributed by atoms with Crippen molar-refractivity contribution in [3.63, 3.8) is 0 Å². The van der Waals surface area contributed by atoms with Gasteiger partial charge in [0.15, 0.2) is 6.29 Å². The molecule has 0 saturated heterocycles. The molecule has 0 radical (unpaired) electrons. The molecule has 98 valence electrons. The maximum Gasteiger partial charge on any atom is 0.244 e. The highest BCUT2D eigenvalue weighted by Gasteiger charge is 2.08. The number of rotatable bonds is 4. The van der Waals surface area contributed by atoms with Gasteiger partial charge in [0.1, 0.15) is 6.54 Å². The average Bonchev–Trinajstić information content (AvgIpc) is 2.82. The molecule has 0 atom stereocenters. The number of benzene rings is 1. The minimum atomic E-state index is -0.145. The van der Waals surface area contributed by atoms with Crippen molar-refractivity contribution in [3.05, 3.63) is 53.3 Å². The molecule has 0 fully saturated rings. The summed E-state index contributed by atoms with van der Waals surface area (Å²) in [5.74, 6) is -0.145. The summed E-state index contributed by atoms with van der Waals surface area (Å²) in [5, 5.41) is 2.86. The lowest BCUT2D eigenvalue weighted by atomic mass is 10.1. The third-order valence-electron chi connectivity index (χ3n) is 3.18. The Hall–Kier alpha value is -2.36. The molecule has 0 aliphatic carbocycles. The molecule has 1 heterocycles. The zero-order valence-electron chi connectivity index (χ0n) is 11.0. The van der Waals surface area contributed by atoms with Crippen molar-refractivity contribution in [1.82, 2.24) is 4.57 Å². The van der Waals surface area contributed by atoms with Gasteiger partial charge < -0.3 is 9.88 Å². The third kappa shape index (κ3) is 2.91. The highest BCUT2D eigenvalue weighted by molar-refractivity contribution is 5.92. The van der Waals surface area contributed by atoms with Gasteiger partial charge in [-0.2, -0.15) is 0 Å². The van der Waals surface area contributed by atoms with Crippen LogP contribution in [0.3, 0.4) is 0 Å². The lowest BCUT2D eigenvalue weighted by molar-refractivity contribution is -0.116. The number of carbonyl (C=O) groups excluding carboxylic acids is 2. The van der Waals surface area contributed by atoms with E-state index in [1.807, 2.05) is 32.0 Å². The van der Waals surface area contributed by atoms with Crippen LogP contribution in [0.5, 0.6) is 0 Å². The predicted molar refractivity (Wildman–Crippen MR) is 74.4 cm³/mol. The molecule has 19 heavy (non-hydrogen) atoms. The molecule has 4 heteroatoms. The van der Waals surface area contributed by atoms with E-state index in [9.17, 15) is 9.59 Å². The third-order valence-corrected chi connectivity index (χ3v) is 3.18. The quantitative estimate of drug-likeness (QED) is 0.855. The Morgan fingerprint density at radius 1 is 1.26 bits per heavy atom. The highest BCUT2D eigenvalue weighted by atomic mass is 16.2. The molecule has 4 nitrogen and oxygen atoms in total. The molecule has 2 rings (SSSR count). The number of nitrogens with zero attached hydrogens (tertiary/aromatic N) is 1. The lowest BCUT2D eigenvalue weighted by Crippen LogP contribution is -2.20. The molecule has 1 N–H and O–H groups in total. The van der Waals surface area contributed by atoms with Crippen molar-refractivity contribution in [3.8, 4) is 0 Å². The Morgan fingerprint density at radius 3 is 2.79 bits per heavy atom. The Balaban J connectivity index is 2.10. The topological polar surface area (TPSA) is 51.1 Å². The van der Waals surface area contributed by atoms with Crippen LogP contribution in [0.1, 0.15) is 21.6 Å². The van der Waals surface area contributed by atoms with Crippen molar-refractivity contribution in [2.75, 3.05) is 5.32 Å². The number of aldehydes is 1. The minimum absolute atomic E-state index is 0.133. The Bertz CT molecular complexity index is 614. The molecule has 0 aliphatic heterocycles. The van der Waals surface area contributed by atoms with Gasteiger partial charge in [-0.15, -0.1) is 0 Å². The molecule has 1 amide bonds. The number of aryl methyl sites for hydroxylation is 1. The summed E-state index contributed by atoms with van der Waals surface area (Å²) < 4.78 is 1.62. The number of amides is 1. The predicted octanol–water partition coefficient (Wildman–Crippen LogP) is 2.56. The highest BCUT2D eigenvalue weighted by Crippen LogP contribution is 2.17. The Morgan fingerprint density at radius 2 is 2.05 bits per heavy atom. The number of aromatic nitrogens is 1. The maximum absolute atomic E-state index is 12.0. The van der Waals surface area contributed by atoms with Crippen LogP contribution in [0.4, 0.5) is 5.69 Å². The van der Waals surface area contributed by atoms with Crippen LogP contribution >= 0.6 is 0 Å². The first kappa shape index (κ1) is 13.1. The van der Waals surface area contributed by atoms with E-state index in [4.69, 9.17) is 0 Å². The van der Waals surface area contributed by atoms with Gasteiger partial charge in [0.2, 0.25) is 5.91 Å². The summed E-state index contributed by atoms with van der Waals surface area (Å²) in [7, 11) is 0. The van der Waals surface area contributed by atoms with E-state index in [2.05, 4.69) is 5.32 Å². The van der Waals surface area contributed by atoms with E-state index in [1.165, 1.54) is 0 Å². The Kier molecular flexibility index (Phi) is 3.80. The number of hydrogen-bond acceptors (Lipinski definition) is 2. The van der Waals surface area contributed by atoms with Crippen LogP contribution in [0.15, 0.2) is 36.5 Å². The van der Waals surface area contributed by atoms with E-state index >= 15 is 0 Å². The molecule has 0 unspecified atom stereocenters. The van der Waals surface area contributed by atoms with Gasteiger partial charge in [-0.1, -0.05) is 12.1 Å². The largest absolute Gasteiger partial charge is 0.336 e. The fourth-order valence-electron chi connectivity index (χ4n) is 1.91. The molecule has 0 aliphatic rings. The van der Waals surface area contributed by atoms with Crippen molar-refractivity contribution in [2.45, 2.75) is 20.4 Å². The van der Waals surface area contributed by atoms with Gasteiger partial charge in [0, 0.05) is 11.9 Å². The number of nitrogens with one attached hydrogen (secondary N) is 1. The second-order valence-electron chi connectivity index (χ2n) is 4.47. The maximum atomic E-state index is 12.0. The molecule has 1 aromatic heterocycles. The van der Waals surface area contributed by atoms with Crippen molar-refractivity contribution in [1.29, 1.82) is 0 Å². The normalized spacial score (nSPS) is 10.2. The van der Waals surface area contributed by atoms with Gasteiger partial charge in [-0.3, -0.25) is 9.59 Å². The second-order valence-corrected chi connectivity index (χ2v) is 4.47. The fourth-order valence-corrected chi connectivity index (χ4v) is 1.91. The van der Waals surface area contributed by atoms with Crippen molar-refractivity contribution >= 4 is 17.9 Å². The van der Waals surface area contributed by atoms with Gasteiger partial charge in [-0.25, -0.2) is 0 Å². The standard InChI is InChI=1S/C15H16N2O2/c1-11-5-3-7-14(12(11)2)16-15(19)9-17-8-4-6-13(17)10-18/h3-8,10H,9H2,1-2H3,(H,16,19). The van der Waals surface area contributed by atoms with Crippen LogP contribution in [0.2, 0.25) is 0 Å². The van der Waals surface area contributed by atoms with Crippen molar-refractivity contribution < 1.29 is 9.59 Å². The molecule has 2 aromatic rings. The van der Waals surface area contributed by atoms with Crippen LogP contribution in [-0.4, -0.2) is 16.8 Å². The zero-order chi connectivity index (χ0) is 13.8. The van der Waals surface area contributed by atoms with E-state index < -0.39 is 0 Å². The van der Waals surface area contributed by atoms with E-state index in [1.54, 1.807) is 22.9 Å². The summed E-state index contributed by atoms with van der Waals surface area (Å²) in [5.41, 5.74) is 3.49. The molecule has 0 saturated carbocycles. The van der Waals surface area contributed by atoms with Crippen molar-refractivity contribution in [2.24, 2.45) is 0 Å². The van der Waals surface area contributed by atoms with E-state index in [-0.39, 0.29) is 12.5 Å². The fraction of sp³-hybridized carbons (Fsp3) is 0.200. The van der Waals surface area contributed by atoms with E-state index in [0.717, 1.165) is 23.1 Å². The molecular formula is C15H16N2O2. The minimum Gasteiger partial charge on any atom is -0.336 e. The second kappa shape index (κ2) is 5.52. The van der Waals surface area contributed by atoms with E-state index in [0.29, 0.717) is 5.69 Å². The lowest BCUT2D eigenvalue weighted by Gasteiger charge is -2.11. The summed E-state index contributed by atoms with van der Waals surface area (Å²) >= 11 is 0. The SMILES string of the molecule is Cc1cccc(NC(=O)Cn2cccc2C=O)c1C. The van der Waals surface area contributed by atoms with Crippen LogP contribution in [0.25, 0.3) is 0 Å². The summed E-state index contributed by atoms with van der Waals surface area (Å²) in [6.07, 6.45) is 2.46. The molecule has 1 aromatic carbocycles. The van der Waals surface area contributed by atoms with Crippen LogP contribution < -0.4 is 5.32 Å². The number of anilines is 1. The Labute approximate surface area is 112 Å². The summed E-state index contributed by atoms with van der Waals surface area (Å²) in [4.78, 5) is 22.7. The zero-order valence-corrected chi connectivity index (χ0v) is 11.0. The van der Waals surface area contributed by atoms with Gasteiger partial charge in [0.05, 0.1) is 5.69 Å². The average molecular weight is 256 g/mol. The van der Waals surface area contributed by atoms with Gasteiger partial charge >= 0.3 is 0 Å². The summed E-state index contributed by atoms with van der Waals surface area (Å²) in [6, 6.07) is 9.20. The number of hydrogen-bond donors (Lipinski definition) is 1. The molecule has 0 bridgehead atoms. The number of carbonyl (C=O) groups is 2. The van der Waals surface area contributed by atoms with Gasteiger partial charge in [0.25, 0.3) is 0 Å². The first-order valence-corrected chi connectivity index (χ1v) is 6.08. The van der Waals surface area contributed by atoms with Crippen LogP contribution in [-0.2, 0) is 11.3 Å². The first-order valence-electron chi connectivity index (χ1n) is 6.08. The molecular weight excluding hydrogens is 240 g/mol. The molecule has 0 spiro atoms. The monoisotopic (exact) mass is 256 g/mol. The van der Waals surface area contributed by atoms with Gasteiger partial charge in [-0.05, 0) is 43.2 Å².